The number of thioether (sulfide) groups is 1. The van der Waals surface area contributed by atoms with E-state index in [1.165, 1.54) is 25.1 Å². The molecule has 30 heavy (non-hydrogen) atoms. The Balaban J connectivity index is 1.83. The Bertz CT molecular complexity index is 849. The second-order valence-electron chi connectivity index (χ2n) is 6.31. The summed E-state index contributed by atoms with van der Waals surface area (Å²) in [6.45, 7) is 0. The SMILES string of the molecule is COC(=O)CC(CC(=O)OC)n1cc(NC(=O)CCS/C=C\c2ccccc2)cn1. The standard InChI is InChI=1S/C21H25N3O5S/c1-28-20(26)12-18(13-21(27)29-2)24-15-17(14-22-24)23-19(25)9-11-30-10-8-16-6-4-3-5-7-16/h3-8,10,14-15,18H,9,11-13H2,1-2H3,(H,23,25)/b10-8-. The zero-order chi connectivity index (χ0) is 21.8. The van der Waals surface area contributed by atoms with Crippen LogP contribution in [-0.4, -0.2) is 47.6 Å². The van der Waals surface area contributed by atoms with Crippen LogP contribution in [0.4, 0.5) is 5.69 Å². The van der Waals surface area contributed by atoms with Crippen molar-refractivity contribution in [2.24, 2.45) is 0 Å². The molecule has 0 aliphatic rings. The summed E-state index contributed by atoms with van der Waals surface area (Å²) in [7, 11) is 2.55. The molecule has 1 aromatic carbocycles. The summed E-state index contributed by atoms with van der Waals surface area (Å²) in [4.78, 5) is 35.4. The molecule has 0 fully saturated rings. The normalized spacial score (nSPS) is 10.9. The summed E-state index contributed by atoms with van der Waals surface area (Å²) >= 11 is 1.55. The molecule has 0 radical (unpaired) electrons. The minimum atomic E-state index is -0.561. The van der Waals surface area contributed by atoms with E-state index in [0.717, 1.165) is 5.56 Å². The summed E-state index contributed by atoms with van der Waals surface area (Å²) < 4.78 is 10.8. The number of carbonyl (C=O) groups excluding carboxylic acids is 3. The van der Waals surface area contributed by atoms with Gasteiger partial charge in [0, 0.05) is 18.4 Å². The van der Waals surface area contributed by atoms with Crippen LogP contribution in [0.2, 0.25) is 0 Å². The van der Waals surface area contributed by atoms with E-state index in [0.29, 0.717) is 17.9 Å². The molecule has 1 aromatic heterocycles. The lowest BCUT2D eigenvalue weighted by Gasteiger charge is -2.15. The van der Waals surface area contributed by atoms with Gasteiger partial charge in [-0.15, -0.1) is 11.8 Å². The molecule has 8 nitrogen and oxygen atoms in total. The molecule has 0 aliphatic heterocycles. The molecule has 0 bridgehead atoms. The predicted molar refractivity (Wildman–Crippen MR) is 116 cm³/mol. The molecule has 2 rings (SSSR count). The molecule has 9 heteroatoms. The molecule has 0 saturated carbocycles. The number of esters is 2. The molecular weight excluding hydrogens is 406 g/mol. The zero-order valence-electron chi connectivity index (χ0n) is 16.9. The predicted octanol–water partition coefficient (Wildman–Crippen LogP) is 3.28. The highest BCUT2D eigenvalue weighted by Gasteiger charge is 2.21. The van der Waals surface area contributed by atoms with Crippen LogP contribution in [0.5, 0.6) is 0 Å². The van der Waals surface area contributed by atoms with Gasteiger partial charge in [-0.05, 0) is 17.0 Å². The second-order valence-corrected chi connectivity index (χ2v) is 7.32. The molecule has 1 amide bonds. The van der Waals surface area contributed by atoms with Gasteiger partial charge >= 0.3 is 11.9 Å². The van der Waals surface area contributed by atoms with E-state index in [1.54, 1.807) is 18.0 Å². The largest absolute Gasteiger partial charge is 0.469 e. The molecule has 0 aliphatic carbocycles. The summed E-state index contributed by atoms with van der Waals surface area (Å²) in [6.07, 6.45) is 5.31. The van der Waals surface area contributed by atoms with Gasteiger partial charge in [0.1, 0.15) is 0 Å². The van der Waals surface area contributed by atoms with Gasteiger partial charge in [0.15, 0.2) is 0 Å². The third-order valence-electron chi connectivity index (χ3n) is 4.12. The van der Waals surface area contributed by atoms with Crippen molar-refractivity contribution in [1.82, 2.24) is 9.78 Å². The van der Waals surface area contributed by atoms with Crippen LogP contribution in [0.15, 0.2) is 48.1 Å². The minimum Gasteiger partial charge on any atom is -0.469 e. The average molecular weight is 432 g/mol. The lowest BCUT2D eigenvalue weighted by Crippen LogP contribution is -2.19. The number of nitrogens with one attached hydrogen (secondary N) is 1. The van der Waals surface area contributed by atoms with Crippen LogP contribution in [-0.2, 0) is 23.9 Å². The first kappa shape index (κ1) is 23.2. The number of benzene rings is 1. The number of aromatic nitrogens is 2. The summed E-state index contributed by atoms with van der Waals surface area (Å²) in [6, 6.07) is 9.36. The van der Waals surface area contributed by atoms with Gasteiger partial charge in [0.2, 0.25) is 5.91 Å². The molecule has 1 heterocycles. The Morgan fingerprint density at radius 3 is 2.43 bits per heavy atom. The molecular formula is C21H25N3O5S. The minimum absolute atomic E-state index is 0.0367. The van der Waals surface area contributed by atoms with Crippen LogP contribution in [0.3, 0.4) is 0 Å². The van der Waals surface area contributed by atoms with Crippen LogP contribution >= 0.6 is 11.8 Å². The van der Waals surface area contributed by atoms with Gasteiger partial charge in [-0.2, -0.15) is 5.10 Å². The first-order valence-electron chi connectivity index (χ1n) is 9.32. The van der Waals surface area contributed by atoms with E-state index in [1.807, 2.05) is 41.8 Å². The van der Waals surface area contributed by atoms with Crippen LogP contribution < -0.4 is 5.32 Å². The van der Waals surface area contributed by atoms with Gasteiger partial charge < -0.3 is 14.8 Å². The Morgan fingerprint density at radius 2 is 1.80 bits per heavy atom. The third kappa shape index (κ3) is 8.12. The summed E-state index contributed by atoms with van der Waals surface area (Å²) in [5, 5.41) is 8.89. The fourth-order valence-corrected chi connectivity index (χ4v) is 3.24. The van der Waals surface area contributed by atoms with Crippen molar-refractivity contribution in [2.75, 3.05) is 25.3 Å². The van der Waals surface area contributed by atoms with Crippen LogP contribution in [0.25, 0.3) is 6.08 Å². The summed E-state index contributed by atoms with van der Waals surface area (Å²) in [5.41, 5.74) is 1.60. The van der Waals surface area contributed by atoms with Gasteiger partial charge in [-0.3, -0.25) is 19.1 Å². The molecule has 0 atom stereocenters. The molecule has 160 valence electrons. The van der Waals surface area contributed by atoms with Crippen molar-refractivity contribution in [1.29, 1.82) is 0 Å². The Labute approximate surface area is 179 Å². The average Bonchev–Trinajstić information content (AvgIpc) is 3.21. The van der Waals surface area contributed by atoms with Crippen LogP contribution in [0, 0.1) is 0 Å². The number of anilines is 1. The first-order valence-corrected chi connectivity index (χ1v) is 10.4. The smallest absolute Gasteiger partial charge is 0.307 e. The Kier molecular flexibility index (Phi) is 9.66. The number of carbonyl (C=O) groups is 3. The lowest BCUT2D eigenvalue weighted by atomic mass is 10.1. The van der Waals surface area contributed by atoms with Crippen LogP contribution in [0.1, 0.15) is 30.9 Å². The number of hydrogen-bond donors (Lipinski definition) is 1. The Hall–Kier alpha value is -3.07. The first-order chi connectivity index (χ1) is 14.5. The van der Waals surface area contributed by atoms with Gasteiger partial charge in [0.05, 0.1) is 45.0 Å². The molecule has 0 unspecified atom stereocenters. The van der Waals surface area contributed by atoms with E-state index in [4.69, 9.17) is 0 Å². The van der Waals surface area contributed by atoms with Gasteiger partial charge in [-0.1, -0.05) is 30.3 Å². The number of rotatable bonds is 11. The van der Waals surface area contributed by atoms with E-state index in [9.17, 15) is 14.4 Å². The van der Waals surface area contributed by atoms with E-state index >= 15 is 0 Å². The Morgan fingerprint density at radius 1 is 1.13 bits per heavy atom. The van der Waals surface area contributed by atoms with Crippen molar-refractivity contribution in [2.45, 2.75) is 25.3 Å². The third-order valence-corrected chi connectivity index (χ3v) is 4.89. The van der Waals surface area contributed by atoms with Crippen molar-refractivity contribution in [3.05, 3.63) is 53.7 Å². The van der Waals surface area contributed by atoms with E-state index in [2.05, 4.69) is 19.9 Å². The maximum atomic E-state index is 12.1. The van der Waals surface area contributed by atoms with Crippen molar-refractivity contribution < 1.29 is 23.9 Å². The number of nitrogens with zero attached hydrogens (tertiary/aromatic N) is 2. The molecule has 0 saturated heterocycles. The maximum Gasteiger partial charge on any atom is 0.307 e. The number of hydrogen-bond acceptors (Lipinski definition) is 7. The highest BCUT2D eigenvalue weighted by Crippen LogP contribution is 2.19. The fourth-order valence-electron chi connectivity index (χ4n) is 2.55. The van der Waals surface area contributed by atoms with E-state index in [-0.39, 0.29) is 18.7 Å². The highest BCUT2D eigenvalue weighted by molar-refractivity contribution is 8.02. The molecule has 2 aromatic rings. The summed E-state index contributed by atoms with van der Waals surface area (Å²) in [5.74, 6) is -0.444. The maximum absolute atomic E-state index is 12.1. The number of methoxy groups -OCH3 is 2. The topological polar surface area (TPSA) is 99.5 Å². The van der Waals surface area contributed by atoms with Gasteiger partial charge in [-0.25, -0.2) is 0 Å². The number of amides is 1. The van der Waals surface area contributed by atoms with Gasteiger partial charge in [0.25, 0.3) is 0 Å². The monoisotopic (exact) mass is 431 g/mol. The van der Waals surface area contributed by atoms with Crippen molar-refractivity contribution in [3.63, 3.8) is 0 Å². The lowest BCUT2D eigenvalue weighted by molar-refractivity contribution is -0.144. The number of ether oxygens (including phenoxy) is 2. The molecule has 1 N–H and O–H groups in total. The van der Waals surface area contributed by atoms with Crippen molar-refractivity contribution >= 4 is 41.4 Å². The quantitative estimate of drug-likeness (QED) is 0.430. The highest BCUT2D eigenvalue weighted by atomic mass is 32.2. The van der Waals surface area contributed by atoms with E-state index < -0.39 is 18.0 Å². The van der Waals surface area contributed by atoms with Crippen molar-refractivity contribution in [3.8, 4) is 0 Å². The zero-order valence-corrected chi connectivity index (χ0v) is 17.8. The fraction of sp³-hybridized carbons (Fsp3) is 0.333. The molecule has 0 spiro atoms. The second kappa shape index (κ2) is 12.5.